The topological polar surface area (TPSA) is 59.6 Å². The molecule has 0 spiro atoms. The number of carbonyl (C=O) groups excluding carboxylic acids is 1. The number of ether oxygens (including phenoxy) is 2. The summed E-state index contributed by atoms with van der Waals surface area (Å²) in [5.74, 6) is -0.237. The second-order valence-electron chi connectivity index (χ2n) is 5.11. The van der Waals surface area contributed by atoms with E-state index in [0.717, 1.165) is 0 Å². The Morgan fingerprint density at radius 1 is 1.43 bits per heavy atom. The number of benzene rings is 1. The van der Waals surface area contributed by atoms with Crippen LogP contribution in [0.3, 0.4) is 0 Å². The van der Waals surface area contributed by atoms with Crippen LogP contribution in [0.1, 0.15) is 12.5 Å². The van der Waals surface area contributed by atoms with Crippen LogP contribution in [-0.2, 0) is 16.1 Å². The normalized spacial score (nSPS) is 16.4. The van der Waals surface area contributed by atoms with Crippen LogP contribution in [-0.4, -0.2) is 37.8 Å². The van der Waals surface area contributed by atoms with Gasteiger partial charge in [-0.1, -0.05) is 18.2 Å². The lowest BCUT2D eigenvalue weighted by Crippen LogP contribution is -2.59. The van der Waals surface area contributed by atoms with Crippen molar-refractivity contribution in [3.05, 3.63) is 29.8 Å². The van der Waals surface area contributed by atoms with E-state index in [1.54, 1.807) is 18.2 Å². The summed E-state index contributed by atoms with van der Waals surface area (Å²) in [5.41, 5.74) is 0.191. The summed E-state index contributed by atoms with van der Waals surface area (Å²) in [6.07, 6.45) is 0. The summed E-state index contributed by atoms with van der Waals surface area (Å²) in [6.45, 7) is 0.506. The number of halogens is 2. The highest BCUT2D eigenvalue weighted by Crippen LogP contribution is 2.20. The highest BCUT2D eigenvalue weighted by atomic mass is 19.3. The monoisotopic (exact) mass is 300 g/mol. The van der Waals surface area contributed by atoms with Crippen LogP contribution < -0.4 is 15.4 Å². The number of para-hydroxylation sites is 1. The zero-order valence-corrected chi connectivity index (χ0v) is 11.7. The molecule has 2 N–H and O–H groups in total. The minimum absolute atomic E-state index is 0.0591. The minimum Gasteiger partial charge on any atom is -0.434 e. The molecule has 1 saturated heterocycles. The second kappa shape index (κ2) is 6.82. The van der Waals surface area contributed by atoms with Crippen molar-refractivity contribution in [1.29, 1.82) is 0 Å². The van der Waals surface area contributed by atoms with E-state index in [1.807, 2.05) is 6.92 Å². The van der Waals surface area contributed by atoms with E-state index < -0.39 is 6.61 Å². The van der Waals surface area contributed by atoms with Crippen LogP contribution in [0, 0.1) is 0 Å². The molecule has 1 amide bonds. The molecule has 2 rings (SSSR count). The fourth-order valence-corrected chi connectivity index (χ4v) is 1.92. The number of carbonyl (C=O) groups is 1. The highest BCUT2D eigenvalue weighted by molar-refractivity contribution is 5.77. The second-order valence-corrected chi connectivity index (χ2v) is 5.11. The van der Waals surface area contributed by atoms with Crippen molar-refractivity contribution in [2.24, 2.45) is 0 Å². The van der Waals surface area contributed by atoms with Crippen molar-refractivity contribution in [2.45, 2.75) is 25.7 Å². The van der Waals surface area contributed by atoms with Gasteiger partial charge >= 0.3 is 6.61 Å². The Balaban J connectivity index is 1.80. The molecule has 1 aliphatic heterocycles. The van der Waals surface area contributed by atoms with Gasteiger partial charge in [0.2, 0.25) is 5.91 Å². The summed E-state index contributed by atoms with van der Waals surface area (Å²) in [7, 11) is 0. The molecule has 1 heterocycles. The Hall–Kier alpha value is -1.73. The summed E-state index contributed by atoms with van der Waals surface area (Å²) < 4.78 is 34.4. The Labute approximate surface area is 121 Å². The molecule has 21 heavy (non-hydrogen) atoms. The van der Waals surface area contributed by atoms with E-state index >= 15 is 0 Å². The third-order valence-electron chi connectivity index (χ3n) is 3.21. The van der Waals surface area contributed by atoms with Gasteiger partial charge in [-0.25, -0.2) is 0 Å². The van der Waals surface area contributed by atoms with Crippen molar-refractivity contribution < 1.29 is 23.0 Å². The third-order valence-corrected chi connectivity index (χ3v) is 3.21. The van der Waals surface area contributed by atoms with Gasteiger partial charge in [0.15, 0.2) is 0 Å². The Kier molecular flexibility index (Phi) is 5.08. The maximum absolute atomic E-state index is 12.3. The number of amides is 1. The number of alkyl halides is 2. The minimum atomic E-state index is -2.89. The molecule has 1 aliphatic rings. The molecule has 1 aromatic rings. The van der Waals surface area contributed by atoms with Crippen LogP contribution in [0.5, 0.6) is 5.75 Å². The summed E-state index contributed by atoms with van der Waals surface area (Å²) in [6, 6.07) is 6.34. The number of hydrogen-bond acceptors (Lipinski definition) is 4. The zero-order valence-electron chi connectivity index (χ0n) is 11.7. The van der Waals surface area contributed by atoms with Crippen LogP contribution in [0.15, 0.2) is 24.3 Å². The van der Waals surface area contributed by atoms with E-state index in [-0.39, 0.29) is 30.4 Å². The molecule has 116 valence electrons. The van der Waals surface area contributed by atoms with Gasteiger partial charge in [0.05, 0.1) is 5.60 Å². The molecule has 5 nitrogen and oxygen atoms in total. The maximum Gasteiger partial charge on any atom is 0.387 e. The van der Waals surface area contributed by atoms with E-state index in [1.165, 1.54) is 6.07 Å². The van der Waals surface area contributed by atoms with Crippen molar-refractivity contribution in [1.82, 2.24) is 10.6 Å². The third kappa shape index (κ3) is 4.64. The first-order valence-electron chi connectivity index (χ1n) is 6.63. The predicted molar refractivity (Wildman–Crippen MR) is 72.1 cm³/mol. The molecule has 1 aromatic carbocycles. The van der Waals surface area contributed by atoms with Crippen LogP contribution in [0.25, 0.3) is 0 Å². The van der Waals surface area contributed by atoms with Crippen LogP contribution >= 0.6 is 0 Å². The van der Waals surface area contributed by atoms with Crippen molar-refractivity contribution in [3.63, 3.8) is 0 Å². The first-order chi connectivity index (χ1) is 9.98. The van der Waals surface area contributed by atoms with Gasteiger partial charge in [0.1, 0.15) is 12.4 Å². The molecular formula is C14H18F2N2O3. The first-order valence-corrected chi connectivity index (χ1v) is 6.63. The van der Waals surface area contributed by atoms with Gasteiger partial charge in [-0.15, -0.1) is 0 Å². The summed E-state index contributed by atoms with van der Waals surface area (Å²) >= 11 is 0. The van der Waals surface area contributed by atoms with Crippen molar-refractivity contribution >= 4 is 5.91 Å². The Morgan fingerprint density at radius 2 is 2.14 bits per heavy atom. The lowest BCUT2D eigenvalue weighted by Gasteiger charge is -2.38. The highest BCUT2D eigenvalue weighted by Gasteiger charge is 2.32. The molecule has 0 radical (unpaired) electrons. The average Bonchev–Trinajstić information content (AvgIpc) is 2.41. The molecule has 0 aromatic heterocycles. The van der Waals surface area contributed by atoms with Gasteiger partial charge < -0.3 is 20.1 Å². The van der Waals surface area contributed by atoms with Gasteiger partial charge in [0.25, 0.3) is 0 Å². The molecule has 0 atom stereocenters. The molecule has 0 unspecified atom stereocenters. The SMILES string of the molecule is CC1(OCC(=O)NCc2ccccc2OC(F)F)CNC1. The zero-order chi connectivity index (χ0) is 15.3. The molecule has 0 saturated carbocycles. The molecule has 0 aliphatic carbocycles. The molecule has 1 fully saturated rings. The Morgan fingerprint density at radius 3 is 2.76 bits per heavy atom. The lowest BCUT2D eigenvalue weighted by atomic mass is 10.0. The summed E-state index contributed by atoms with van der Waals surface area (Å²) in [4.78, 5) is 11.7. The predicted octanol–water partition coefficient (Wildman–Crippen LogP) is 1.28. The van der Waals surface area contributed by atoms with E-state index in [2.05, 4.69) is 15.4 Å². The van der Waals surface area contributed by atoms with Crippen molar-refractivity contribution in [3.8, 4) is 5.75 Å². The average molecular weight is 300 g/mol. The van der Waals surface area contributed by atoms with Crippen molar-refractivity contribution in [2.75, 3.05) is 19.7 Å². The maximum atomic E-state index is 12.3. The van der Waals surface area contributed by atoms with E-state index in [0.29, 0.717) is 18.7 Å². The van der Waals surface area contributed by atoms with Gasteiger partial charge in [-0.2, -0.15) is 8.78 Å². The van der Waals surface area contributed by atoms with Crippen LogP contribution in [0.4, 0.5) is 8.78 Å². The van der Waals surface area contributed by atoms with Crippen LogP contribution in [0.2, 0.25) is 0 Å². The quantitative estimate of drug-likeness (QED) is 0.796. The Bertz CT molecular complexity index is 493. The fraction of sp³-hybridized carbons (Fsp3) is 0.500. The smallest absolute Gasteiger partial charge is 0.387 e. The first kappa shape index (κ1) is 15.7. The number of rotatable bonds is 7. The molecule has 7 heteroatoms. The molecule has 0 bridgehead atoms. The number of nitrogens with one attached hydrogen (secondary N) is 2. The molecular weight excluding hydrogens is 282 g/mol. The summed E-state index contributed by atoms with van der Waals surface area (Å²) in [5, 5.41) is 5.69. The lowest BCUT2D eigenvalue weighted by molar-refractivity contribution is -0.136. The fourth-order valence-electron chi connectivity index (χ4n) is 1.92. The van der Waals surface area contributed by atoms with E-state index in [9.17, 15) is 13.6 Å². The standard InChI is InChI=1S/C14H18F2N2O3/c1-14(8-17-9-14)20-7-12(19)18-6-10-4-2-3-5-11(10)21-13(15)16/h2-5,13,17H,6-9H2,1H3,(H,18,19). The largest absolute Gasteiger partial charge is 0.434 e. The van der Waals surface area contributed by atoms with Gasteiger partial charge in [0, 0.05) is 25.2 Å². The van der Waals surface area contributed by atoms with Gasteiger partial charge in [-0.05, 0) is 13.0 Å². The number of hydrogen-bond donors (Lipinski definition) is 2. The van der Waals surface area contributed by atoms with E-state index in [4.69, 9.17) is 4.74 Å². The van der Waals surface area contributed by atoms with Gasteiger partial charge in [-0.3, -0.25) is 4.79 Å².